The van der Waals surface area contributed by atoms with E-state index in [-0.39, 0.29) is 64.8 Å². The van der Waals surface area contributed by atoms with Crippen LogP contribution in [0.4, 0.5) is 5.69 Å². The van der Waals surface area contributed by atoms with E-state index >= 15 is 0 Å². The molecule has 1 N–H and O–H groups in total. The van der Waals surface area contributed by atoms with Crippen LogP contribution in [0.25, 0.3) is 10.9 Å². The van der Waals surface area contributed by atoms with Crippen molar-refractivity contribution in [3.05, 3.63) is 35.5 Å². The highest BCUT2D eigenvalue weighted by Gasteiger charge is 2.67. The first-order valence-corrected chi connectivity index (χ1v) is 20.1. The van der Waals surface area contributed by atoms with Crippen molar-refractivity contribution in [2.75, 3.05) is 32.0 Å². The molecule has 286 valence electrons. The van der Waals surface area contributed by atoms with Crippen LogP contribution in [0.1, 0.15) is 99.3 Å². The Balaban J connectivity index is 1.12. The topological polar surface area (TPSA) is 107 Å². The van der Waals surface area contributed by atoms with Gasteiger partial charge in [-0.05, 0) is 131 Å². The van der Waals surface area contributed by atoms with Crippen molar-refractivity contribution in [3.63, 3.8) is 0 Å². The maximum atomic E-state index is 12.7. The maximum Gasteiger partial charge on any atom is 0.302 e. The number of nitrogens with zero attached hydrogens (tertiary/aromatic N) is 2. The minimum atomic E-state index is -0.238. The molecule has 0 radical (unpaired) electrons. The van der Waals surface area contributed by atoms with Crippen molar-refractivity contribution in [3.8, 4) is 0 Å². The number of benzene rings is 1. The van der Waals surface area contributed by atoms with Crippen LogP contribution in [-0.2, 0) is 28.6 Å². The molecular formula is C42H60ClN3O6. The fraction of sp³-hybridized carbons (Fsp3) is 0.714. The van der Waals surface area contributed by atoms with E-state index in [9.17, 15) is 14.4 Å². The summed E-state index contributed by atoms with van der Waals surface area (Å²) in [6.07, 6.45) is 9.88. The normalized spacial score (nSPS) is 34.5. The largest absolute Gasteiger partial charge is 0.463 e. The standard InChI is InChI=1S/C42H60ClN3O6/c1-25(9-8-19-46(7)20-18-45-36-15-17-44-37-23-30(43)10-11-32(36)37)33-12-13-34-40-35(24-39(42(33,34)6)52-28(4)49)41(5)16-14-31(50-26(2)47)21-29(41)22-38(40)51-27(3)48/h10-11,15,17,23,25,29,31,33-35,38-40H,8-9,12-14,16,18-22,24H2,1-7H3,(H,44,45)/t25-,29+,31-,33-,34+,35+,38-,39+,40+,41+,42-/m1/s1. The summed E-state index contributed by atoms with van der Waals surface area (Å²) in [5.74, 6) is 1.23. The highest BCUT2D eigenvalue weighted by atomic mass is 35.5. The number of ether oxygens (including phenoxy) is 3. The van der Waals surface area contributed by atoms with Crippen molar-refractivity contribution >= 4 is 46.1 Å². The van der Waals surface area contributed by atoms with Gasteiger partial charge in [-0.1, -0.05) is 32.4 Å². The van der Waals surface area contributed by atoms with E-state index in [4.69, 9.17) is 25.8 Å². The van der Waals surface area contributed by atoms with Crippen molar-refractivity contribution in [2.45, 2.75) is 118 Å². The van der Waals surface area contributed by atoms with E-state index in [1.807, 2.05) is 30.5 Å². The molecule has 0 saturated heterocycles. The lowest BCUT2D eigenvalue weighted by atomic mass is 9.43. The van der Waals surface area contributed by atoms with Gasteiger partial charge in [-0.15, -0.1) is 0 Å². The second-order valence-corrected chi connectivity index (χ2v) is 17.6. The van der Waals surface area contributed by atoms with Gasteiger partial charge < -0.3 is 24.4 Å². The summed E-state index contributed by atoms with van der Waals surface area (Å²) in [6, 6.07) is 7.83. The van der Waals surface area contributed by atoms with Gasteiger partial charge >= 0.3 is 17.9 Å². The molecule has 1 aromatic heterocycles. The Bertz CT molecular complexity index is 1620. The van der Waals surface area contributed by atoms with Crippen LogP contribution in [0.5, 0.6) is 0 Å². The zero-order valence-corrected chi connectivity index (χ0v) is 33.0. The summed E-state index contributed by atoms with van der Waals surface area (Å²) in [5, 5.41) is 5.35. The summed E-state index contributed by atoms with van der Waals surface area (Å²) >= 11 is 6.18. The van der Waals surface area contributed by atoms with Gasteiger partial charge in [-0.2, -0.15) is 0 Å². The zero-order chi connectivity index (χ0) is 37.4. The lowest BCUT2D eigenvalue weighted by molar-refractivity contribution is -0.224. The Labute approximate surface area is 315 Å². The Hall–Kier alpha value is -2.91. The maximum absolute atomic E-state index is 12.7. The Morgan fingerprint density at radius 3 is 2.44 bits per heavy atom. The number of hydrogen-bond acceptors (Lipinski definition) is 9. The first-order chi connectivity index (χ1) is 24.7. The zero-order valence-electron chi connectivity index (χ0n) is 32.3. The van der Waals surface area contributed by atoms with Gasteiger partial charge in [-0.3, -0.25) is 19.4 Å². The number of carbonyl (C=O) groups is 3. The van der Waals surface area contributed by atoms with Crippen molar-refractivity contribution in [2.24, 2.45) is 46.3 Å². The second kappa shape index (κ2) is 15.8. The molecule has 52 heavy (non-hydrogen) atoms. The highest BCUT2D eigenvalue weighted by molar-refractivity contribution is 6.31. The number of fused-ring (bicyclic) bond motifs is 6. The molecule has 0 spiro atoms. The van der Waals surface area contributed by atoms with Crippen LogP contribution in [0, 0.1) is 46.3 Å². The first-order valence-electron chi connectivity index (χ1n) is 19.7. The van der Waals surface area contributed by atoms with Crippen LogP contribution in [-0.4, -0.2) is 72.8 Å². The third-order valence-corrected chi connectivity index (χ3v) is 14.3. The van der Waals surface area contributed by atoms with Gasteiger partial charge in [0.1, 0.15) is 18.3 Å². The summed E-state index contributed by atoms with van der Waals surface area (Å²) in [4.78, 5) is 44.0. The predicted octanol–water partition coefficient (Wildman–Crippen LogP) is 8.32. The van der Waals surface area contributed by atoms with Gasteiger partial charge in [0.15, 0.2) is 0 Å². The molecule has 0 unspecified atom stereocenters. The monoisotopic (exact) mass is 737 g/mol. The second-order valence-electron chi connectivity index (χ2n) is 17.1. The molecule has 0 amide bonds. The smallest absolute Gasteiger partial charge is 0.302 e. The SMILES string of the molecule is CC(=O)O[C@@H]1CC[C@@]2(C)[C@@H](C1)C[C@@H](OC(C)=O)[C@@H]1[C@@H]2C[C@H](OC(C)=O)[C@]2(C)[C@@H]([C@H](C)CCCN(C)CCNc3ccnc4cc(Cl)ccc34)CC[C@@H]12. The Morgan fingerprint density at radius 2 is 1.71 bits per heavy atom. The van der Waals surface area contributed by atoms with E-state index in [0.717, 1.165) is 94.0 Å². The molecule has 6 rings (SSSR count). The van der Waals surface area contributed by atoms with Crippen molar-refractivity contribution in [1.82, 2.24) is 9.88 Å². The van der Waals surface area contributed by atoms with Gasteiger partial charge in [-0.25, -0.2) is 0 Å². The molecule has 0 bridgehead atoms. The third-order valence-electron chi connectivity index (χ3n) is 14.1. The van der Waals surface area contributed by atoms with Crippen LogP contribution in [0.15, 0.2) is 30.5 Å². The fourth-order valence-corrected chi connectivity index (χ4v) is 11.9. The van der Waals surface area contributed by atoms with E-state index in [1.54, 1.807) is 6.92 Å². The summed E-state index contributed by atoms with van der Waals surface area (Å²) in [7, 11) is 2.19. The molecule has 4 saturated carbocycles. The van der Waals surface area contributed by atoms with Crippen LogP contribution < -0.4 is 5.32 Å². The van der Waals surface area contributed by atoms with E-state index in [1.165, 1.54) is 13.8 Å². The molecule has 1 aromatic carbocycles. The van der Waals surface area contributed by atoms with Gasteiger partial charge in [0.2, 0.25) is 0 Å². The van der Waals surface area contributed by atoms with E-state index in [2.05, 4.69) is 43.0 Å². The van der Waals surface area contributed by atoms with Gasteiger partial charge in [0.25, 0.3) is 0 Å². The quantitative estimate of drug-likeness (QED) is 0.170. The summed E-state index contributed by atoms with van der Waals surface area (Å²) in [5.41, 5.74) is 1.76. The van der Waals surface area contributed by atoms with Crippen LogP contribution in [0.3, 0.4) is 0 Å². The number of aromatic nitrogens is 1. The number of esters is 3. The molecule has 4 fully saturated rings. The number of rotatable bonds is 12. The number of halogens is 1. The lowest BCUT2D eigenvalue weighted by Crippen LogP contribution is -2.63. The van der Waals surface area contributed by atoms with Gasteiger partial charge in [0, 0.05) is 67.5 Å². The molecule has 4 aliphatic rings. The number of hydrogen-bond donors (Lipinski definition) is 1. The number of anilines is 1. The Morgan fingerprint density at radius 1 is 0.962 bits per heavy atom. The fourth-order valence-electron chi connectivity index (χ4n) is 11.8. The minimum absolute atomic E-state index is 0.000935. The molecule has 0 aliphatic heterocycles. The average molecular weight is 738 g/mol. The number of likely N-dealkylation sites (N-methyl/N-ethyl adjacent to an activating group) is 1. The third kappa shape index (κ3) is 7.82. The first kappa shape index (κ1) is 38.8. The molecule has 1 heterocycles. The highest BCUT2D eigenvalue weighted by Crippen LogP contribution is 2.69. The van der Waals surface area contributed by atoms with Crippen LogP contribution in [0.2, 0.25) is 5.02 Å². The lowest BCUT2D eigenvalue weighted by Gasteiger charge is -2.64. The summed E-state index contributed by atoms with van der Waals surface area (Å²) in [6.45, 7) is 14.5. The van der Waals surface area contributed by atoms with Crippen molar-refractivity contribution < 1.29 is 28.6 Å². The molecule has 11 atom stereocenters. The van der Waals surface area contributed by atoms with Crippen molar-refractivity contribution in [1.29, 1.82) is 0 Å². The number of nitrogens with one attached hydrogen (secondary N) is 1. The van der Waals surface area contributed by atoms with E-state index < -0.39 is 0 Å². The van der Waals surface area contributed by atoms with Crippen LogP contribution >= 0.6 is 11.6 Å². The number of carbonyl (C=O) groups excluding carboxylic acids is 3. The molecule has 4 aliphatic carbocycles. The molecular weight excluding hydrogens is 678 g/mol. The average Bonchev–Trinajstić information content (AvgIpc) is 3.43. The Kier molecular flexibility index (Phi) is 11.8. The molecule has 9 nitrogen and oxygen atoms in total. The molecule has 10 heteroatoms. The predicted molar refractivity (Wildman–Crippen MR) is 204 cm³/mol. The minimum Gasteiger partial charge on any atom is -0.463 e. The van der Waals surface area contributed by atoms with E-state index in [0.29, 0.717) is 22.8 Å². The summed E-state index contributed by atoms with van der Waals surface area (Å²) < 4.78 is 18.3. The number of pyridine rings is 1. The molecule has 2 aromatic rings. The van der Waals surface area contributed by atoms with Gasteiger partial charge in [0.05, 0.1) is 5.52 Å².